The van der Waals surface area contributed by atoms with Gasteiger partial charge in [0.1, 0.15) is 0 Å². The number of hydrogen-bond donors (Lipinski definition) is 2. The van der Waals surface area contributed by atoms with Crippen LogP contribution in [0, 0.1) is 0 Å². The van der Waals surface area contributed by atoms with Crippen LogP contribution in [0.1, 0.15) is 6.42 Å². The fourth-order valence-corrected chi connectivity index (χ4v) is 1.38. The van der Waals surface area contributed by atoms with Crippen molar-refractivity contribution in [2.24, 2.45) is 0 Å². The lowest BCUT2D eigenvalue weighted by molar-refractivity contribution is 0.633. The molecule has 0 aliphatic heterocycles. The van der Waals surface area contributed by atoms with Crippen LogP contribution in [0.25, 0.3) is 0 Å². The molecular formula is C7H9BrN2O2S. The number of rotatable bonds is 3. The van der Waals surface area contributed by atoms with Gasteiger partial charge in [-0.25, -0.2) is 4.79 Å². The maximum Gasteiger partial charge on any atom is 0.328 e. The number of aromatic amines is 1. The van der Waals surface area contributed by atoms with Gasteiger partial charge in [-0.3, -0.25) is 14.3 Å². The van der Waals surface area contributed by atoms with Crippen LogP contribution in [0.2, 0.25) is 0 Å². The molecule has 1 aromatic rings. The molecule has 0 radical (unpaired) electrons. The van der Waals surface area contributed by atoms with E-state index in [9.17, 15) is 9.59 Å². The number of halogens is 1. The Hall–Kier alpha value is -0.490. The minimum absolute atomic E-state index is 0.367. The molecular weight excluding hydrogens is 256 g/mol. The Bertz CT molecular complexity index is 398. The quantitative estimate of drug-likeness (QED) is 0.787. The molecule has 0 aliphatic rings. The summed E-state index contributed by atoms with van der Waals surface area (Å²) in [5, 5.41) is 0. The lowest BCUT2D eigenvalue weighted by Crippen LogP contribution is -2.29. The van der Waals surface area contributed by atoms with E-state index in [0.717, 1.165) is 6.42 Å². The summed E-state index contributed by atoms with van der Waals surface area (Å²) in [4.78, 5) is 24.3. The normalized spacial score (nSPS) is 10.3. The Kier molecular flexibility index (Phi) is 3.80. The van der Waals surface area contributed by atoms with E-state index in [4.69, 9.17) is 0 Å². The molecule has 0 aliphatic carbocycles. The molecule has 6 heteroatoms. The van der Waals surface area contributed by atoms with E-state index in [2.05, 4.69) is 33.5 Å². The lowest BCUT2D eigenvalue weighted by Gasteiger charge is -2.02. The molecule has 1 heterocycles. The Balaban J connectivity index is 3.02. The molecule has 0 saturated heterocycles. The van der Waals surface area contributed by atoms with Crippen molar-refractivity contribution in [2.75, 3.05) is 5.75 Å². The smallest absolute Gasteiger partial charge is 0.299 e. The highest BCUT2D eigenvalue weighted by atomic mass is 79.9. The maximum absolute atomic E-state index is 11.2. The summed E-state index contributed by atoms with van der Waals surface area (Å²) in [5.74, 6) is 0.711. The summed E-state index contributed by atoms with van der Waals surface area (Å²) < 4.78 is 1.81. The molecule has 0 amide bonds. The predicted molar refractivity (Wildman–Crippen MR) is 57.5 cm³/mol. The molecule has 0 atom stereocenters. The predicted octanol–water partition coefficient (Wildman–Crippen LogP) is 0.619. The summed E-state index contributed by atoms with van der Waals surface area (Å²) in [6.45, 7) is 0.567. The molecule has 0 unspecified atom stereocenters. The largest absolute Gasteiger partial charge is 0.328 e. The first-order valence-electron chi connectivity index (χ1n) is 3.75. The second kappa shape index (κ2) is 4.66. The highest BCUT2D eigenvalue weighted by Gasteiger charge is 2.00. The van der Waals surface area contributed by atoms with Crippen molar-refractivity contribution < 1.29 is 0 Å². The number of nitrogens with zero attached hydrogens (tertiary/aromatic N) is 1. The first-order chi connectivity index (χ1) is 6.15. The molecule has 13 heavy (non-hydrogen) atoms. The van der Waals surface area contributed by atoms with Gasteiger partial charge in [0.15, 0.2) is 0 Å². The van der Waals surface area contributed by atoms with E-state index >= 15 is 0 Å². The summed E-state index contributed by atoms with van der Waals surface area (Å²) in [5.41, 5.74) is -0.776. The van der Waals surface area contributed by atoms with Gasteiger partial charge >= 0.3 is 5.69 Å². The van der Waals surface area contributed by atoms with Crippen LogP contribution in [0.15, 0.2) is 20.3 Å². The molecule has 0 fully saturated rings. The number of hydrogen-bond acceptors (Lipinski definition) is 3. The average Bonchev–Trinajstić information content (AvgIpc) is 2.09. The van der Waals surface area contributed by atoms with E-state index in [-0.39, 0.29) is 5.69 Å². The highest BCUT2D eigenvalue weighted by Crippen LogP contribution is 1.98. The van der Waals surface area contributed by atoms with Gasteiger partial charge in [-0.2, -0.15) is 12.6 Å². The Morgan fingerprint density at radius 3 is 2.85 bits per heavy atom. The topological polar surface area (TPSA) is 54.9 Å². The van der Waals surface area contributed by atoms with E-state index in [0.29, 0.717) is 16.8 Å². The van der Waals surface area contributed by atoms with Gasteiger partial charge < -0.3 is 0 Å². The van der Waals surface area contributed by atoms with Crippen molar-refractivity contribution >= 4 is 28.6 Å². The van der Waals surface area contributed by atoms with E-state index < -0.39 is 5.56 Å². The average molecular weight is 265 g/mol. The molecule has 0 aromatic carbocycles. The van der Waals surface area contributed by atoms with E-state index in [1.165, 1.54) is 10.8 Å². The molecule has 1 rings (SSSR count). The summed E-state index contributed by atoms with van der Waals surface area (Å²) in [6, 6.07) is 0. The molecule has 72 valence electrons. The minimum Gasteiger partial charge on any atom is -0.299 e. The van der Waals surface area contributed by atoms with Crippen molar-refractivity contribution in [2.45, 2.75) is 13.0 Å². The molecule has 1 N–H and O–H groups in total. The first-order valence-corrected chi connectivity index (χ1v) is 5.18. The Morgan fingerprint density at radius 1 is 1.54 bits per heavy atom. The highest BCUT2D eigenvalue weighted by molar-refractivity contribution is 9.10. The monoisotopic (exact) mass is 264 g/mol. The van der Waals surface area contributed by atoms with Crippen molar-refractivity contribution in [3.05, 3.63) is 31.5 Å². The molecule has 4 nitrogen and oxygen atoms in total. The van der Waals surface area contributed by atoms with Crippen LogP contribution in [0.4, 0.5) is 0 Å². The first kappa shape index (κ1) is 10.6. The third-order valence-corrected chi connectivity index (χ3v) is 2.41. The fraction of sp³-hybridized carbons (Fsp3) is 0.429. The second-order valence-corrected chi connectivity index (χ2v) is 3.81. The van der Waals surface area contributed by atoms with E-state index in [1.807, 2.05) is 0 Å². The van der Waals surface area contributed by atoms with Crippen LogP contribution >= 0.6 is 28.6 Å². The van der Waals surface area contributed by atoms with Gasteiger partial charge in [0.05, 0.1) is 4.47 Å². The molecule has 0 spiro atoms. The third-order valence-electron chi connectivity index (χ3n) is 1.52. The van der Waals surface area contributed by atoms with Gasteiger partial charge in [-0.1, -0.05) is 0 Å². The van der Waals surface area contributed by atoms with Crippen LogP contribution in [0.5, 0.6) is 0 Å². The van der Waals surface area contributed by atoms with Crippen LogP contribution in [0.3, 0.4) is 0 Å². The number of aryl methyl sites for hydroxylation is 1. The van der Waals surface area contributed by atoms with E-state index in [1.54, 1.807) is 0 Å². The number of thiol groups is 1. The van der Waals surface area contributed by atoms with Crippen molar-refractivity contribution in [3.63, 3.8) is 0 Å². The maximum atomic E-state index is 11.2. The van der Waals surface area contributed by atoms with Crippen LogP contribution in [-0.2, 0) is 6.54 Å². The summed E-state index contributed by atoms with van der Waals surface area (Å²) in [7, 11) is 0. The van der Waals surface area contributed by atoms with Crippen molar-refractivity contribution in [3.8, 4) is 0 Å². The van der Waals surface area contributed by atoms with Crippen LogP contribution < -0.4 is 11.2 Å². The zero-order valence-corrected chi connectivity index (χ0v) is 9.27. The zero-order valence-electron chi connectivity index (χ0n) is 6.79. The molecule has 1 aromatic heterocycles. The van der Waals surface area contributed by atoms with Gasteiger partial charge in [0.25, 0.3) is 5.56 Å². The SMILES string of the molecule is O=c1[nH]c(=O)n(CCCS)cc1Br. The number of aromatic nitrogens is 2. The lowest BCUT2D eigenvalue weighted by atomic mass is 10.4. The molecule has 0 saturated carbocycles. The van der Waals surface area contributed by atoms with Gasteiger partial charge in [0, 0.05) is 12.7 Å². The van der Waals surface area contributed by atoms with Gasteiger partial charge in [-0.15, -0.1) is 0 Å². The Morgan fingerprint density at radius 2 is 2.23 bits per heavy atom. The third kappa shape index (κ3) is 2.73. The fourth-order valence-electron chi connectivity index (χ4n) is 0.890. The second-order valence-electron chi connectivity index (χ2n) is 2.51. The minimum atomic E-state index is -0.396. The Labute approximate surface area is 88.5 Å². The van der Waals surface area contributed by atoms with Gasteiger partial charge in [-0.05, 0) is 28.1 Å². The van der Waals surface area contributed by atoms with Crippen molar-refractivity contribution in [1.29, 1.82) is 0 Å². The molecule has 0 bridgehead atoms. The zero-order chi connectivity index (χ0) is 9.84. The summed E-state index contributed by atoms with van der Waals surface area (Å²) in [6.07, 6.45) is 2.28. The van der Waals surface area contributed by atoms with Crippen LogP contribution in [-0.4, -0.2) is 15.3 Å². The standard InChI is InChI=1S/C7H9BrN2O2S/c8-5-4-10(2-1-3-13)7(12)9-6(5)11/h4,13H,1-3H2,(H,9,11,12). The van der Waals surface area contributed by atoms with Gasteiger partial charge in [0.2, 0.25) is 0 Å². The van der Waals surface area contributed by atoms with Crippen molar-refractivity contribution in [1.82, 2.24) is 9.55 Å². The number of nitrogens with one attached hydrogen (secondary N) is 1. The number of H-pyrrole nitrogens is 1. The summed E-state index contributed by atoms with van der Waals surface area (Å²) >= 11 is 7.08.